The van der Waals surface area contributed by atoms with Crippen LogP contribution in [-0.2, 0) is 6.42 Å². The molecular formula is C21H26N2O. The van der Waals surface area contributed by atoms with Gasteiger partial charge >= 0.3 is 0 Å². The molecule has 0 saturated carbocycles. The Balaban J connectivity index is 1.65. The Labute approximate surface area is 144 Å². The Morgan fingerprint density at radius 1 is 1.08 bits per heavy atom. The molecule has 0 bridgehead atoms. The van der Waals surface area contributed by atoms with Crippen molar-refractivity contribution in [2.45, 2.75) is 45.6 Å². The third-order valence-corrected chi connectivity index (χ3v) is 4.88. The summed E-state index contributed by atoms with van der Waals surface area (Å²) < 4.78 is 0. The van der Waals surface area contributed by atoms with E-state index in [9.17, 15) is 4.79 Å². The number of hydrogen-bond acceptors (Lipinski definition) is 2. The van der Waals surface area contributed by atoms with Crippen LogP contribution in [-0.4, -0.2) is 18.5 Å². The topological polar surface area (TPSA) is 32.3 Å². The third kappa shape index (κ3) is 3.78. The lowest BCUT2D eigenvalue weighted by atomic mass is 10.0. The Bertz CT molecular complexity index is 676. The number of piperidine rings is 1. The van der Waals surface area contributed by atoms with Crippen molar-refractivity contribution < 1.29 is 4.79 Å². The molecule has 126 valence electrons. The molecule has 1 fully saturated rings. The SMILES string of the molecule is CCc1ccc(C(=O)Nc2ccc(N3CCCCC3C)cc2)cc1. The summed E-state index contributed by atoms with van der Waals surface area (Å²) in [5, 5.41) is 2.98. The predicted molar refractivity (Wildman–Crippen MR) is 101 cm³/mol. The summed E-state index contributed by atoms with van der Waals surface area (Å²) in [4.78, 5) is 14.8. The molecule has 1 unspecified atom stereocenters. The summed E-state index contributed by atoms with van der Waals surface area (Å²) >= 11 is 0. The third-order valence-electron chi connectivity index (χ3n) is 4.88. The Morgan fingerprint density at radius 2 is 1.79 bits per heavy atom. The van der Waals surface area contributed by atoms with E-state index < -0.39 is 0 Å². The van der Waals surface area contributed by atoms with Gasteiger partial charge in [-0.15, -0.1) is 0 Å². The van der Waals surface area contributed by atoms with Crippen LogP contribution in [0.25, 0.3) is 0 Å². The van der Waals surface area contributed by atoms with Crippen LogP contribution < -0.4 is 10.2 Å². The molecule has 1 atom stereocenters. The van der Waals surface area contributed by atoms with Gasteiger partial charge in [-0.05, 0) is 74.6 Å². The molecule has 1 amide bonds. The summed E-state index contributed by atoms with van der Waals surface area (Å²) in [6, 6.07) is 16.6. The molecule has 1 aliphatic rings. The molecule has 0 aliphatic carbocycles. The Hall–Kier alpha value is -2.29. The number of hydrogen-bond donors (Lipinski definition) is 1. The number of rotatable bonds is 4. The lowest BCUT2D eigenvalue weighted by Crippen LogP contribution is -2.37. The first-order valence-corrected chi connectivity index (χ1v) is 8.94. The maximum atomic E-state index is 12.3. The minimum absolute atomic E-state index is 0.0586. The molecule has 2 aromatic rings. The molecule has 3 heteroatoms. The van der Waals surface area contributed by atoms with Crippen molar-refractivity contribution in [1.82, 2.24) is 0 Å². The largest absolute Gasteiger partial charge is 0.369 e. The van der Waals surface area contributed by atoms with E-state index in [0.717, 1.165) is 18.7 Å². The van der Waals surface area contributed by atoms with E-state index in [1.165, 1.54) is 30.5 Å². The molecule has 1 N–H and O–H groups in total. The molecule has 2 aromatic carbocycles. The van der Waals surface area contributed by atoms with E-state index in [1.807, 2.05) is 36.4 Å². The van der Waals surface area contributed by atoms with E-state index in [-0.39, 0.29) is 5.91 Å². The second-order valence-electron chi connectivity index (χ2n) is 6.59. The lowest BCUT2D eigenvalue weighted by Gasteiger charge is -2.35. The zero-order chi connectivity index (χ0) is 16.9. The maximum absolute atomic E-state index is 12.3. The van der Waals surface area contributed by atoms with Crippen LogP contribution in [0.15, 0.2) is 48.5 Å². The average Bonchev–Trinajstić information content (AvgIpc) is 2.63. The molecule has 24 heavy (non-hydrogen) atoms. The average molecular weight is 322 g/mol. The zero-order valence-corrected chi connectivity index (χ0v) is 14.6. The van der Waals surface area contributed by atoms with E-state index in [2.05, 4.69) is 36.2 Å². The standard InChI is InChI=1S/C21H26N2O/c1-3-17-7-9-18(10-8-17)21(24)22-19-11-13-20(14-12-19)23-15-5-4-6-16(23)2/h7-14,16H,3-6,15H2,1-2H3,(H,22,24). The van der Waals surface area contributed by atoms with Gasteiger partial charge in [0.25, 0.3) is 5.91 Å². The van der Waals surface area contributed by atoms with E-state index in [0.29, 0.717) is 11.6 Å². The lowest BCUT2D eigenvalue weighted by molar-refractivity contribution is 0.102. The van der Waals surface area contributed by atoms with E-state index in [4.69, 9.17) is 0 Å². The molecule has 3 rings (SSSR count). The number of carbonyl (C=O) groups is 1. The van der Waals surface area contributed by atoms with Gasteiger partial charge in [0.1, 0.15) is 0 Å². The van der Waals surface area contributed by atoms with Crippen molar-refractivity contribution in [2.24, 2.45) is 0 Å². The smallest absolute Gasteiger partial charge is 0.255 e. The fourth-order valence-corrected chi connectivity index (χ4v) is 3.31. The Kier molecular flexibility index (Phi) is 5.19. The molecule has 1 saturated heterocycles. The summed E-state index contributed by atoms with van der Waals surface area (Å²) in [6.07, 6.45) is 4.82. The van der Waals surface area contributed by atoms with E-state index in [1.54, 1.807) is 0 Å². The summed E-state index contributed by atoms with van der Waals surface area (Å²) in [6.45, 7) is 5.52. The van der Waals surface area contributed by atoms with E-state index >= 15 is 0 Å². The van der Waals surface area contributed by atoms with Crippen molar-refractivity contribution in [3.8, 4) is 0 Å². The molecular weight excluding hydrogens is 296 g/mol. The first kappa shape index (κ1) is 16.6. The van der Waals surface area contributed by atoms with Crippen LogP contribution in [0.5, 0.6) is 0 Å². The van der Waals surface area contributed by atoms with Gasteiger partial charge in [-0.1, -0.05) is 19.1 Å². The highest BCUT2D eigenvalue weighted by atomic mass is 16.1. The van der Waals surface area contributed by atoms with Crippen LogP contribution in [0, 0.1) is 0 Å². The number of nitrogens with zero attached hydrogens (tertiary/aromatic N) is 1. The molecule has 0 aromatic heterocycles. The van der Waals surface area contributed by atoms with Gasteiger partial charge in [0.2, 0.25) is 0 Å². The summed E-state index contributed by atoms with van der Waals surface area (Å²) in [7, 11) is 0. The van der Waals surface area contributed by atoms with Crippen LogP contribution in [0.2, 0.25) is 0 Å². The van der Waals surface area contributed by atoms with Crippen molar-refractivity contribution in [3.63, 3.8) is 0 Å². The quantitative estimate of drug-likeness (QED) is 0.870. The molecule has 0 spiro atoms. The van der Waals surface area contributed by atoms with Crippen LogP contribution in [0.4, 0.5) is 11.4 Å². The van der Waals surface area contributed by atoms with Crippen molar-refractivity contribution in [3.05, 3.63) is 59.7 Å². The Morgan fingerprint density at radius 3 is 2.42 bits per heavy atom. The monoisotopic (exact) mass is 322 g/mol. The van der Waals surface area contributed by atoms with Crippen LogP contribution in [0.3, 0.4) is 0 Å². The molecule has 1 heterocycles. The fourth-order valence-electron chi connectivity index (χ4n) is 3.31. The minimum atomic E-state index is -0.0586. The predicted octanol–water partition coefficient (Wildman–Crippen LogP) is 4.88. The first-order valence-electron chi connectivity index (χ1n) is 8.94. The first-order chi connectivity index (χ1) is 11.7. The van der Waals surface area contributed by atoms with Gasteiger partial charge < -0.3 is 10.2 Å². The van der Waals surface area contributed by atoms with Crippen molar-refractivity contribution in [2.75, 3.05) is 16.8 Å². The molecule has 1 aliphatic heterocycles. The van der Waals surface area contributed by atoms with Gasteiger partial charge in [-0.3, -0.25) is 4.79 Å². The molecule has 3 nitrogen and oxygen atoms in total. The highest BCUT2D eigenvalue weighted by Gasteiger charge is 2.18. The minimum Gasteiger partial charge on any atom is -0.369 e. The summed E-state index contributed by atoms with van der Waals surface area (Å²) in [5.74, 6) is -0.0586. The van der Waals surface area contributed by atoms with Gasteiger partial charge in [-0.2, -0.15) is 0 Å². The van der Waals surface area contributed by atoms with Crippen molar-refractivity contribution >= 4 is 17.3 Å². The van der Waals surface area contributed by atoms with Gasteiger partial charge in [0.05, 0.1) is 0 Å². The molecule has 0 radical (unpaired) electrons. The highest BCUT2D eigenvalue weighted by molar-refractivity contribution is 6.04. The second-order valence-corrected chi connectivity index (χ2v) is 6.59. The van der Waals surface area contributed by atoms with Crippen LogP contribution in [0.1, 0.15) is 49.0 Å². The zero-order valence-electron chi connectivity index (χ0n) is 14.6. The number of benzene rings is 2. The normalized spacial score (nSPS) is 17.6. The van der Waals surface area contributed by atoms with Gasteiger partial charge in [0.15, 0.2) is 0 Å². The number of nitrogens with one attached hydrogen (secondary N) is 1. The number of amides is 1. The van der Waals surface area contributed by atoms with Gasteiger partial charge in [0, 0.05) is 29.5 Å². The number of carbonyl (C=O) groups excluding carboxylic acids is 1. The number of anilines is 2. The van der Waals surface area contributed by atoms with Crippen LogP contribution >= 0.6 is 0 Å². The fraction of sp³-hybridized carbons (Fsp3) is 0.381. The van der Waals surface area contributed by atoms with Gasteiger partial charge in [-0.25, -0.2) is 0 Å². The number of aryl methyl sites for hydroxylation is 1. The maximum Gasteiger partial charge on any atom is 0.255 e. The summed E-state index contributed by atoms with van der Waals surface area (Å²) in [5.41, 5.74) is 4.02. The second kappa shape index (κ2) is 7.52. The highest BCUT2D eigenvalue weighted by Crippen LogP contribution is 2.26. The van der Waals surface area contributed by atoms with Crippen molar-refractivity contribution in [1.29, 1.82) is 0 Å².